The molecule has 0 saturated heterocycles. The minimum Gasteiger partial charge on any atom is -0.348 e. The Morgan fingerprint density at radius 2 is 1.64 bits per heavy atom. The predicted octanol–water partition coefficient (Wildman–Crippen LogP) is 4.13. The lowest BCUT2D eigenvalue weighted by Crippen LogP contribution is -2.23. The number of hydrogen-bond acceptors (Lipinski definition) is 3. The molecule has 0 bridgehead atoms. The van der Waals surface area contributed by atoms with Crippen molar-refractivity contribution in [2.24, 2.45) is 0 Å². The summed E-state index contributed by atoms with van der Waals surface area (Å²) in [5, 5.41) is 5.84. The summed E-state index contributed by atoms with van der Waals surface area (Å²) in [6.07, 6.45) is 4.24. The van der Waals surface area contributed by atoms with Gasteiger partial charge in [0.05, 0.1) is 0 Å². The second-order valence-electron chi connectivity index (χ2n) is 6.54. The Balaban J connectivity index is 1.65. The minimum atomic E-state index is -0.192. The largest absolute Gasteiger partial charge is 0.348 e. The highest BCUT2D eigenvalue weighted by Gasteiger charge is 2.12. The molecule has 5 heteroatoms. The maximum Gasteiger partial charge on any atom is 0.255 e. The Kier molecular flexibility index (Phi) is 6.17. The van der Waals surface area contributed by atoms with E-state index in [2.05, 4.69) is 22.5 Å². The zero-order valence-electron chi connectivity index (χ0n) is 16.0. The van der Waals surface area contributed by atoms with Crippen molar-refractivity contribution in [1.82, 2.24) is 10.3 Å². The van der Waals surface area contributed by atoms with Crippen LogP contribution in [0.5, 0.6) is 0 Å². The van der Waals surface area contributed by atoms with Crippen LogP contribution in [0.1, 0.15) is 44.3 Å². The van der Waals surface area contributed by atoms with Crippen LogP contribution < -0.4 is 10.6 Å². The summed E-state index contributed by atoms with van der Waals surface area (Å²) in [5.41, 5.74) is 4.92. The Bertz CT molecular complexity index is 967. The zero-order chi connectivity index (χ0) is 19.9. The predicted molar refractivity (Wildman–Crippen MR) is 110 cm³/mol. The van der Waals surface area contributed by atoms with Gasteiger partial charge in [0.25, 0.3) is 11.8 Å². The van der Waals surface area contributed by atoms with E-state index >= 15 is 0 Å². The standard InChI is InChI=1S/C23H23N3O2/c1-3-18-8-4-6-16(2)21(18)26-23(28)20-11-9-19(10-12-20)22(27)25-15-17-7-5-13-24-14-17/h4-14H,3,15H2,1-2H3,(H,25,27)(H,26,28). The molecule has 0 aliphatic heterocycles. The fourth-order valence-corrected chi connectivity index (χ4v) is 2.95. The molecule has 2 amide bonds. The van der Waals surface area contributed by atoms with Gasteiger partial charge in [-0.15, -0.1) is 0 Å². The highest BCUT2D eigenvalue weighted by molar-refractivity contribution is 6.05. The molecular formula is C23H23N3O2. The van der Waals surface area contributed by atoms with Crippen molar-refractivity contribution in [2.75, 3.05) is 5.32 Å². The van der Waals surface area contributed by atoms with Gasteiger partial charge in [-0.2, -0.15) is 0 Å². The van der Waals surface area contributed by atoms with Crippen LogP contribution in [0.2, 0.25) is 0 Å². The third-order valence-electron chi connectivity index (χ3n) is 4.56. The molecule has 5 nitrogen and oxygen atoms in total. The molecule has 0 fully saturated rings. The number of benzene rings is 2. The molecule has 0 radical (unpaired) electrons. The highest BCUT2D eigenvalue weighted by atomic mass is 16.2. The number of carbonyl (C=O) groups excluding carboxylic acids is 2. The van der Waals surface area contributed by atoms with Crippen molar-refractivity contribution < 1.29 is 9.59 Å². The molecule has 0 atom stereocenters. The molecule has 2 aromatic carbocycles. The van der Waals surface area contributed by atoms with E-state index in [4.69, 9.17) is 0 Å². The fraction of sp³-hybridized carbons (Fsp3) is 0.174. The molecule has 1 heterocycles. The SMILES string of the molecule is CCc1cccc(C)c1NC(=O)c1ccc(C(=O)NCc2cccnc2)cc1. The molecule has 0 aliphatic rings. The second-order valence-corrected chi connectivity index (χ2v) is 6.54. The van der Waals surface area contributed by atoms with Crippen LogP contribution in [-0.2, 0) is 13.0 Å². The molecule has 0 spiro atoms. The summed E-state index contributed by atoms with van der Waals surface area (Å²) in [6.45, 7) is 4.44. The van der Waals surface area contributed by atoms with Crippen LogP contribution in [-0.4, -0.2) is 16.8 Å². The van der Waals surface area contributed by atoms with E-state index in [-0.39, 0.29) is 11.8 Å². The number of rotatable bonds is 6. The number of nitrogens with zero attached hydrogens (tertiary/aromatic N) is 1. The number of carbonyl (C=O) groups is 2. The van der Waals surface area contributed by atoms with Gasteiger partial charge >= 0.3 is 0 Å². The van der Waals surface area contributed by atoms with Crippen LogP contribution in [0.3, 0.4) is 0 Å². The van der Waals surface area contributed by atoms with Crippen molar-refractivity contribution in [3.8, 4) is 0 Å². The first-order chi connectivity index (χ1) is 13.6. The number of aromatic nitrogens is 1. The lowest BCUT2D eigenvalue weighted by molar-refractivity contribution is 0.0949. The van der Waals surface area contributed by atoms with Gasteiger partial charge in [-0.05, 0) is 60.4 Å². The van der Waals surface area contributed by atoms with Gasteiger partial charge in [-0.1, -0.05) is 31.2 Å². The summed E-state index contributed by atoms with van der Waals surface area (Å²) in [4.78, 5) is 28.9. The first kappa shape index (κ1) is 19.3. The summed E-state index contributed by atoms with van der Waals surface area (Å²) in [7, 11) is 0. The van der Waals surface area contributed by atoms with Gasteiger partial charge < -0.3 is 10.6 Å². The molecule has 3 aromatic rings. The van der Waals surface area contributed by atoms with E-state index in [1.54, 1.807) is 36.7 Å². The molecule has 3 rings (SSSR count). The maximum atomic E-state index is 12.6. The van der Waals surface area contributed by atoms with Gasteiger partial charge in [0, 0.05) is 35.8 Å². The Hall–Kier alpha value is -3.47. The topological polar surface area (TPSA) is 71.1 Å². The fourth-order valence-electron chi connectivity index (χ4n) is 2.95. The number of aryl methyl sites for hydroxylation is 2. The second kappa shape index (κ2) is 8.95. The molecule has 1 aromatic heterocycles. The highest BCUT2D eigenvalue weighted by Crippen LogP contribution is 2.22. The van der Waals surface area contributed by atoms with Crippen molar-refractivity contribution in [1.29, 1.82) is 0 Å². The number of hydrogen-bond donors (Lipinski definition) is 2. The number of nitrogens with one attached hydrogen (secondary N) is 2. The first-order valence-corrected chi connectivity index (χ1v) is 9.25. The summed E-state index contributed by atoms with van der Waals surface area (Å²) < 4.78 is 0. The molecule has 142 valence electrons. The lowest BCUT2D eigenvalue weighted by atomic mass is 10.0. The van der Waals surface area contributed by atoms with Crippen molar-refractivity contribution in [3.05, 3.63) is 94.8 Å². The summed E-state index contributed by atoms with van der Waals surface area (Å²) >= 11 is 0. The average Bonchev–Trinajstić information content (AvgIpc) is 2.74. The van der Waals surface area contributed by atoms with Crippen molar-refractivity contribution >= 4 is 17.5 Å². The van der Waals surface area contributed by atoms with Crippen LogP contribution in [0, 0.1) is 6.92 Å². The van der Waals surface area contributed by atoms with Gasteiger partial charge in [0.15, 0.2) is 0 Å². The van der Waals surface area contributed by atoms with E-state index in [0.29, 0.717) is 17.7 Å². The van der Waals surface area contributed by atoms with Crippen molar-refractivity contribution in [2.45, 2.75) is 26.8 Å². The first-order valence-electron chi connectivity index (χ1n) is 9.25. The molecule has 0 saturated carbocycles. The number of amides is 2. The zero-order valence-corrected chi connectivity index (χ0v) is 16.0. The van der Waals surface area contributed by atoms with Gasteiger partial charge in [-0.3, -0.25) is 14.6 Å². The Labute approximate surface area is 164 Å². The molecular weight excluding hydrogens is 350 g/mol. The molecule has 0 unspecified atom stereocenters. The van der Waals surface area contributed by atoms with E-state index in [1.807, 2.05) is 37.3 Å². The summed E-state index contributed by atoms with van der Waals surface area (Å²) in [6, 6.07) is 16.4. The third-order valence-corrected chi connectivity index (χ3v) is 4.56. The van der Waals surface area contributed by atoms with E-state index in [1.165, 1.54) is 0 Å². The van der Waals surface area contributed by atoms with Crippen LogP contribution in [0.25, 0.3) is 0 Å². The van der Waals surface area contributed by atoms with Crippen LogP contribution >= 0.6 is 0 Å². The minimum absolute atomic E-state index is 0.189. The number of pyridine rings is 1. The number of anilines is 1. The lowest BCUT2D eigenvalue weighted by Gasteiger charge is -2.13. The smallest absolute Gasteiger partial charge is 0.255 e. The van der Waals surface area contributed by atoms with Gasteiger partial charge in [-0.25, -0.2) is 0 Å². The Morgan fingerprint density at radius 1 is 0.929 bits per heavy atom. The Morgan fingerprint density at radius 3 is 2.29 bits per heavy atom. The van der Waals surface area contributed by atoms with E-state index < -0.39 is 0 Å². The van der Waals surface area contributed by atoms with Crippen LogP contribution in [0.15, 0.2) is 67.0 Å². The normalized spacial score (nSPS) is 10.4. The average molecular weight is 373 g/mol. The third kappa shape index (κ3) is 4.62. The van der Waals surface area contributed by atoms with Gasteiger partial charge in [0.2, 0.25) is 0 Å². The van der Waals surface area contributed by atoms with Gasteiger partial charge in [0.1, 0.15) is 0 Å². The summed E-state index contributed by atoms with van der Waals surface area (Å²) in [5.74, 6) is -0.380. The monoisotopic (exact) mass is 373 g/mol. The molecule has 0 aliphatic carbocycles. The van der Waals surface area contributed by atoms with E-state index in [0.717, 1.165) is 28.8 Å². The van der Waals surface area contributed by atoms with E-state index in [9.17, 15) is 9.59 Å². The van der Waals surface area contributed by atoms with Crippen LogP contribution in [0.4, 0.5) is 5.69 Å². The van der Waals surface area contributed by atoms with Crippen molar-refractivity contribution in [3.63, 3.8) is 0 Å². The molecule has 28 heavy (non-hydrogen) atoms. The number of para-hydroxylation sites is 1. The quantitative estimate of drug-likeness (QED) is 0.682. The molecule has 2 N–H and O–H groups in total. The maximum absolute atomic E-state index is 12.6.